The smallest absolute Gasteiger partial charge is 0.266 e. The molecule has 2 amide bonds. The lowest BCUT2D eigenvalue weighted by Crippen LogP contribution is -2.36. The van der Waals surface area contributed by atoms with Crippen molar-refractivity contribution in [2.24, 2.45) is 0 Å². The summed E-state index contributed by atoms with van der Waals surface area (Å²) in [6.45, 7) is -0.229. The Morgan fingerprint density at radius 3 is 2.79 bits per heavy atom. The molecule has 0 radical (unpaired) electrons. The van der Waals surface area contributed by atoms with Crippen LogP contribution in [0.5, 0.6) is 0 Å². The fourth-order valence-corrected chi connectivity index (χ4v) is 4.89. The number of carbonyl (C=O) groups is 2. The number of hydrogen-bond acceptors (Lipinski definition) is 6. The summed E-state index contributed by atoms with van der Waals surface area (Å²) in [4.78, 5) is 30.9. The topological polar surface area (TPSA) is 62.3 Å². The third-order valence-corrected chi connectivity index (χ3v) is 6.50. The van der Waals surface area contributed by atoms with Crippen LogP contribution < -0.4 is 5.32 Å². The van der Waals surface area contributed by atoms with Gasteiger partial charge in [-0.3, -0.25) is 14.5 Å². The summed E-state index contributed by atoms with van der Waals surface area (Å²) in [5.41, 5.74) is 1.39. The first-order valence-corrected chi connectivity index (χ1v) is 10.7. The zero-order chi connectivity index (χ0) is 20.5. The molecule has 1 N–H and O–H groups in total. The van der Waals surface area contributed by atoms with Crippen LogP contribution in [0, 0.1) is 5.82 Å². The van der Waals surface area contributed by atoms with E-state index in [1.807, 2.05) is 0 Å². The number of hydrogen-bond donors (Lipinski definition) is 1. The van der Waals surface area contributed by atoms with Crippen molar-refractivity contribution in [3.05, 3.63) is 63.8 Å². The van der Waals surface area contributed by atoms with Crippen molar-refractivity contribution in [3.8, 4) is 0 Å². The number of anilines is 1. The maximum atomic E-state index is 13.3. The largest absolute Gasteiger partial charge is 0.300 e. The highest BCUT2D eigenvalue weighted by Crippen LogP contribution is 2.33. The zero-order valence-electron chi connectivity index (χ0n) is 14.5. The Balaban J connectivity index is 1.45. The second-order valence-corrected chi connectivity index (χ2v) is 9.14. The molecule has 1 fully saturated rings. The number of benzene rings is 2. The predicted molar refractivity (Wildman–Crippen MR) is 120 cm³/mol. The molecule has 1 aliphatic heterocycles. The van der Waals surface area contributed by atoms with E-state index in [1.165, 1.54) is 17.0 Å². The number of aromatic nitrogens is 1. The van der Waals surface area contributed by atoms with Gasteiger partial charge in [-0.15, -0.1) is 0 Å². The normalized spacial score (nSPS) is 15.5. The van der Waals surface area contributed by atoms with E-state index >= 15 is 0 Å². The third kappa shape index (κ3) is 4.48. The highest BCUT2D eigenvalue weighted by Gasteiger charge is 2.33. The second kappa shape index (κ2) is 8.19. The fraction of sp³-hybridized carbons (Fsp3) is 0.0526. The van der Waals surface area contributed by atoms with Gasteiger partial charge in [-0.05, 0) is 42.0 Å². The minimum Gasteiger partial charge on any atom is -0.300 e. The van der Waals surface area contributed by atoms with E-state index in [0.717, 1.165) is 28.7 Å². The molecule has 1 aliphatic rings. The maximum absolute atomic E-state index is 13.3. The Kier molecular flexibility index (Phi) is 5.64. The highest BCUT2D eigenvalue weighted by molar-refractivity contribution is 8.26. The van der Waals surface area contributed by atoms with Crippen LogP contribution >= 0.6 is 46.9 Å². The minimum absolute atomic E-state index is 0.229. The van der Waals surface area contributed by atoms with E-state index < -0.39 is 5.91 Å². The summed E-state index contributed by atoms with van der Waals surface area (Å²) in [6, 6.07) is 11.2. The second-order valence-electron chi connectivity index (χ2n) is 6.00. The monoisotopic (exact) mass is 463 g/mol. The average molecular weight is 464 g/mol. The van der Waals surface area contributed by atoms with Crippen LogP contribution in [0.2, 0.25) is 5.02 Å². The molecule has 3 aromatic rings. The molecular formula is C19H11ClFN3O2S3. The molecule has 29 heavy (non-hydrogen) atoms. The first-order valence-electron chi connectivity index (χ1n) is 8.26. The van der Waals surface area contributed by atoms with E-state index in [9.17, 15) is 14.0 Å². The minimum atomic E-state index is -0.437. The van der Waals surface area contributed by atoms with Gasteiger partial charge in [0, 0.05) is 5.02 Å². The molecule has 10 heteroatoms. The van der Waals surface area contributed by atoms with Crippen LogP contribution in [0.25, 0.3) is 16.3 Å². The molecule has 0 bridgehead atoms. The van der Waals surface area contributed by atoms with Crippen molar-refractivity contribution in [2.75, 3.05) is 11.9 Å². The molecule has 1 saturated heterocycles. The summed E-state index contributed by atoms with van der Waals surface area (Å²) in [5, 5.41) is 3.57. The Morgan fingerprint density at radius 2 is 2.03 bits per heavy atom. The number of halogens is 2. The molecule has 0 aliphatic carbocycles. The van der Waals surface area contributed by atoms with Crippen LogP contribution in [0.3, 0.4) is 0 Å². The first-order chi connectivity index (χ1) is 13.9. The van der Waals surface area contributed by atoms with Crippen molar-refractivity contribution < 1.29 is 14.0 Å². The predicted octanol–water partition coefficient (Wildman–Crippen LogP) is 4.93. The number of nitrogens with zero attached hydrogens (tertiary/aromatic N) is 2. The van der Waals surface area contributed by atoms with Crippen molar-refractivity contribution in [2.45, 2.75) is 0 Å². The standard InChI is InChI=1S/C19H11ClFN3O2S3/c20-11-3-1-10(2-4-11)7-15-17(26)24(19(27)29-15)9-16(25)23-18-22-13-6-5-12(21)8-14(13)28-18/h1-8H,9H2,(H,22,23,25)/b15-7-. The Labute approximate surface area is 183 Å². The van der Waals surface area contributed by atoms with Gasteiger partial charge < -0.3 is 5.32 Å². The van der Waals surface area contributed by atoms with Gasteiger partial charge in [0.25, 0.3) is 5.91 Å². The van der Waals surface area contributed by atoms with Crippen molar-refractivity contribution in [1.29, 1.82) is 0 Å². The van der Waals surface area contributed by atoms with Crippen LogP contribution in [-0.4, -0.2) is 32.6 Å². The van der Waals surface area contributed by atoms with E-state index in [4.69, 9.17) is 23.8 Å². The molecule has 0 saturated carbocycles. The van der Waals surface area contributed by atoms with Crippen LogP contribution in [-0.2, 0) is 9.59 Å². The molecule has 146 valence electrons. The number of rotatable bonds is 4. The molecule has 5 nitrogen and oxygen atoms in total. The van der Waals surface area contributed by atoms with Gasteiger partial charge in [0.15, 0.2) is 5.13 Å². The van der Waals surface area contributed by atoms with Gasteiger partial charge in [0.1, 0.15) is 16.7 Å². The lowest BCUT2D eigenvalue weighted by atomic mass is 10.2. The van der Waals surface area contributed by atoms with E-state index in [1.54, 1.807) is 36.4 Å². The molecule has 0 spiro atoms. The van der Waals surface area contributed by atoms with Crippen LogP contribution in [0.4, 0.5) is 9.52 Å². The Bertz CT molecular complexity index is 1180. The van der Waals surface area contributed by atoms with Gasteiger partial charge in [-0.1, -0.05) is 59.1 Å². The Hall–Kier alpha value is -2.33. The molecule has 1 aromatic heterocycles. The third-order valence-electron chi connectivity index (χ3n) is 3.94. The number of nitrogens with one attached hydrogen (secondary N) is 1. The van der Waals surface area contributed by atoms with Crippen molar-refractivity contribution in [3.63, 3.8) is 0 Å². The molecule has 2 aromatic carbocycles. The number of carbonyl (C=O) groups excluding carboxylic acids is 2. The highest BCUT2D eigenvalue weighted by atomic mass is 35.5. The number of fused-ring (bicyclic) bond motifs is 1. The molecular weight excluding hydrogens is 453 g/mol. The summed E-state index contributed by atoms with van der Waals surface area (Å²) in [6.07, 6.45) is 1.70. The van der Waals surface area contributed by atoms with Crippen LogP contribution in [0.1, 0.15) is 5.56 Å². The van der Waals surface area contributed by atoms with Crippen LogP contribution in [0.15, 0.2) is 47.4 Å². The number of thiocarbonyl (C=S) groups is 1. The molecule has 2 heterocycles. The lowest BCUT2D eigenvalue weighted by Gasteiger charge is -2.13. The SMILES string of the molecule is O=C(CN1C(=O)/C(=C/c2ccc(Cl)cc2)SC1=S)Nc1nc2ccc(F)cc2s1. The Morgan fingerprint density at radius 1 is 1.28 bits per heavy atom. The quantitative estimate of drug-likeness (QED) is 0.439. The first kappa shape index (κ1) is 20.0. The van der Waals surface area contributed by atoms with Gasteiger partial charge in [-0.25, -0.2) is 9.37 Å². The lowest BCUT2D eigenvalue weighted by molar-refractivity contribution is -0.126. The van der Waals surface area contributed by atoms with Gasteiger partial charge >= 0.3 is 0 Å². The summed E-state index contributed by atoms with van der Waals surface area (Å²) >= 11 is 13.4. The van der Waals surface area contributed by atoms with E-state index in [0.29, 0.717) is 29.6 Å². The fourth-order valence-electron chi connectivity index (χ4n) is 2.60. The van der Waals surface area contributed by atoms with Gasteiger partial charge in [0.05, 0.1) is 15.1 Å². The van der Waals surface area contributed by atoms with E-state index in [2.05, 4.69) is 10.3 Å². The van der Waals surface area contributed by atoms with Crippen molar-refractivity contribution in [1.82, 2.24) is 9.88 Å². The molecule has 4 rings (SSSR count). The summed E-state index contributed by atoms with van der Waals surface area (Å²) in [5.74, 6) is -1.14. The summed E-state index contributed by atoms with van der Waals surface area (Å²) in [7, 11) is 0. The average Bonchev–Trinajstić information content (AvgIpc) is 3.18. The van der Waals surface area contributed by atoms with Crippen molar-refractivity contribution >= 4 is 84.5 Å². The maximum Gasteiger partial charge on any atom is 0.266 e. The number of thiazole rings is 1. The number of amides is 2. The zero-order valence-corrected chi connectivity index (χ0v) is 17.7. The number of thioether (sulfide) groups is 1. The molecule has 0 unspecified atom stereocenters. The molecule has 0 atom stereocenters. The van der Waals surface area contributed by atoms with Gasteiger partial charge in [-0.2, -0.15) is 0 Å². The van der Waals surface area contributed by atoms with E-state index in [-0.39, 0.29) is 18.3 Å². The van der Waals surface area contributed by atoms with Gasteiger partial charge in [0.2, 0.25) is 5.91 Å². The summed E-state index contributed by atoms with van der Waals surface area (Å²) < 4.78 is 14.2.